The summed E-state index contributed by atoms with van der Waals surface area (Å²) in [5.41, 5.74) is 1.86. The molecular formula is C19H26N2O4. The van der Waals surface area contributed by atoms with Crippen LogP contribution in [0, 0.1) is 0 Å². The Bertz CT molecular complexity index is 661. The number of ether oxygens (including phenoxy) is 1. The van der Waals surface area contributed by atoms with Gasteiger partial charge in [0.15, 0.2) is 0 Å². The third kappa shape index (κ3) is 4.38. The molecule has 2 rings (SSSR count). The topological polar surface area (TPSA) is 75.7 Å². The van der Waals surface area contributed by atoms with Gasteiger partial charge in [-0.2, -0.15) is 0 Å². The van der Waals surface area contributed by atoms with Gasteiger partial charge in [-0.1, -0.05) is 12.1 Å². The summed E-state index contributed by atoms with van der Waals surface area (Å²) >= 11 is 0. The van der Waals surface area contributed by atoms with Crippen LogP contribution in [-0.2, 0) is 14.4 Å². The van der Waals surface area contributed by atoms with Crippen molar-refractivity contribution in [1.82, 2.24) is 5.32 Å². The van der Waals surface area contributed by atoms with Crippen molar-refractivity contribution in [2.24, 2.45) is 0 Å². The zero-order chi connectivity index (χ0) is 18.6. The van der Waals surface area contributed by atoms with Crippen LogP contribution in [0.25, 0.3) is 0 Å². The Kier molecular flexibility index (Phi) is 6.17. The Morgan fingerprint density at radius 3 is 2.48 bits per heavy atom. The summed E-state index contributed by atoms with van der Waals surface area (Å²) in [4.78, 5) is 36.6. The first-order valence-electron chi connectivity index (χ1n) is 8.58. The van der Waals surface area contributed by atoms with Crippen LogP contribution >= 0.6 is 0 Å². The maximum atomic E-state index is 12.1. The van der Waals surface area contributed by atoms with Crippen molar-refractivity contribution in [1.29, 1.82) is 0 Å². The number of amides is 2. The Hall–Kier alpha value is -2.37. The second kappa shape index (κ2) is 8.14. The Morgan fingerprint density at radius 2 is 1.92 bits per heavy atom. The number of carbonyl (C=O) groups excluding carboxylic acids is 3. The van der Waals surface area contributed by atoms with Gasteiger partial charge in [0.05, 0.1) is 12.8 Å². The van der Waals surface area contributed by atoms with Gasteiger partial charge in [-0.05, 0) is 37.3 Å². The second-order valence-corrected chi connectivity index (χ2v) is 6.54. The molecule has 1 aliphatic carbocycles. The molecule has 2 amide bonds. The molecule has 0 saturated heterocycles. The van der Waals surface area contributed by atoms with E-state index in [0.29, 0.717) is 18.6 Å². The highest BCUT2D eigenvalue weighted by Crippen LogP contribution is 2.41. The summed E-state index contributed by atoms with van der Waals surface area (Å²) in [5, 5.41) is 2.32. The first-order valence-corrected chi connectivity index (χ1v) is 8.58. The van der Waals surface area contributed by atoms with Gasteiger partial charge in [0.2, 0.25) is 11.8 Å². The molecule has 0 bridgehead atoms. The lowest BCUT2D eigenvalue weighted by Crippen LogP contribution is -2.45. The van der Waals surface area contributed by atoms with Gasteiger partial charge >= 0.3 is 0 Å². The lowest BCUT2D eigenvalue weighted by atomic mass is 9.83. The van der Waals surface area contributed by atoms with Gasteiger partial charge in [-0.15, -0.1) is 0 Å². The molecule has 1 aromatic rings. The summed E-state index contributed by atoms with van der Waals surface area (Å²) in [6.07, 6.45) is 2.85. The van der Waals surface area contributed by atoms with Crippen LogP contribution in [0.1, 0.15) is 51.0 Å². The van der Waals surface area contributed by atoms with E-state index in [0.717, 1.165) is 29.8 Å². The molecule has 1 fully saturated rings. The Labute approximate surface area is 148 Å². The minimum atomic E-state index is -0.527. The Morgan fingerprint density at radius 1 is 1.28 bits per heavy atom. The highest BCUT2D eigenvalue weighted by Gasteiger charge is 2.27. The average molecular weight is 346 g/mol. The number of hydrogen-bond acceptors (Lipinski definition) is 5. The maximum Gasteiger partial charge on any atom is 0.248 e. The van der Waals surface area contributed by atoms with Crippen molar-refractivity contribution in [3.05, 3.63) is 23.8 Å². The number of ketones is 1. The van der Waals surface area contributed by atoms with Crippen LogP contribution in [-0.4, -0.2) is 37.8 Å². The number of methoxy groups -OCH3 is 1. The van der Waals surface area contributed by atoms with Crippen molar-refractivity contribution in [3.63, 3.8) is 0 Å². The van der Waals surface area contributed by atoms with E-state index in [1.54, 1.807) is 26.0 Å². The average Bonchev–Trinajstić information content (AvgIpc) is 2.59. The number of Topliss-reactive ketones (excluding diaryl/α,β-unsaturated/α-hetero) is 1. The largest absolute Gasteiger partial charge is 0.494 e. The fourth-order valence-electron chi connectivity index (χ4n) is 3.28. The molecule has 1 atom stereocenters. The number of carbonyl (C=O) groups is 3. The molecule has 25 heavy (non-hydrogen) atoms. The van der Waals surface area contributed by atoms with Gasteiger partial charge in [0.25, 0.3) is 0 Å². The van der Waals surface area contributed by atoms with E-state index in [9.17, 15) is 14.4 Å². The summed E-state index contributed by atoms with van der Waals surface area (Å²) in [6.45, 7) is 3.06. The quantitative estimate of drug-likeness (QED) is 0.886. The molecule has 0 aromatic heterocycles. The number of para-hydroxylation sites is 1. The predicted octanol–water partition coefficient (Wildman–Crippen LogP) is 2.41. The smallest absolute Gasteiger partial charge is 0.248 e. The highest BCUT2D eigenvalue weighted by molar-refractivity contribution is 5.98. The van der Waals surface area contributed by atoms with E-state index in [2.05, 4.69) is 5.32 Å². The van der Waals surface area contributed by atoms with Crippen LogP contribution in [0.3, 0.4) is 0 Å². The lowest BCUT2D eigenvalue weighted by molar-refractivity contribution is -0.129. The molecule has 6 heteroatoms. The number of nitrogens with zero attached hydrogens (tertiary/aromatic N) is 1. The van der Waals surface area contributed by atoms with Gasteiger partial charge in [-0.25, -0.2) is 0 Å². The predicted molar refractivity (Wildman–Crippen MR) is 95.9 cm³/mol. The molecule has 6 nitrogen and oxygen atoms in total. The van der Waals surface area contributed by atoms with Crippen molar-refractivity contribution >= 4 is 23.3 Å². The van der Waals surface area contributed by atoms with E-state index >= 15 is 0 Å². The molecule has 0 heterocycles. The van der Waals surface area contributed by atoms with Crippen LogP contribution in [0.2, 0.25) is 0 Å². The lowest BCUT2D eigenvalue weighted by Gasteiger charge is -2.30. The first-order chi connectivity index (χ1) is 11.8. The monoisotopic (exact) mass is 346 g/mol. The maximum absolute atomic E-state index is 12.1. The summed E-state index contributed by atoms with van der Waals surface area (Å²) in [6, 6.07) is 5.33. The molecule has 0 spiro atoms. The molecule has 1 N–H and O–H groups in total. The van der Waals surface area contributed by atoms with Crippen LogP contribution in [0.4, 0.5) is 5.69 Å². The molecule has 1 aliphatic rings. The van der Waals surface area contributed by atoms with Crippen LogP contribution < -0.4 is 15.0 Å². The van der Waals surface area contributed by atoms with Crippen molar-refractivity contribution < 1.29 is 19.1 Å². The van der Waals surface area contributed by atoms with Crippen molar-refractivity contribution in [3.8, 4) is 5.75 Å². The minimum Gasteiger partial charge on any atom is -0.494 e. The summed E-state index contributed by atoms with van der Waals surface area (Å²) < 4.78 is 5.66. The minimum absolute atomic E-state index is 0.280. The van der Waals surface area contributed by atoms with E-state index in [-0.39, 0.29) is 17.7 Å². The normalized spacial score (nSPS) is 16.2. The number of imide groups is 1. The Balaban J connectivity index is 2.28. The van der Waals surface area contributed by atoms with E-state index < -0.39 is 6.04 Å². The SMILES string of the molecule is COc1c(C2CCC(=O)CC2)cccc1N(C)C(C)C(=O)NC(C)=O. The van der Waals surface area contributed by atoms with E-state index in [4.69, 9.17) is 4.74 Å². The van der Waals surface area contributed by atoms with Gasteiger partial charge in [0, 0.05) is 26.8 Å². The summed E-state index contributed by atoms with van der Waals surface area (Å²) in [5.74, 6) is 0.593. The van der Waals surface area contributed by atoms with E-state index in [1.807, 2.05) is 18.2 Å². The highest BCUT2D eigenvalue weighted by atomic mass is 16.5. The standard InChI is InChI=1S/C19H26N2O4/c1-12(19(24)20-13(2)22)21(3)17-7-5-6-16(18(17)25-4)14-8-10-15(23)11-9-14/h5-7,12,14H,8-11H2,1-4H3,(H,20,22,24). The third-order valence-corrected chi connectivity index (χ3v) is 4.85. The van der Waals surface area contributed by atoms with Crippen LogP contribution in [0.5, 0.6) is 5.75 Å². The molecule has 1 aromatic carbocycles. The fraction of sp³-hybridized carbons (Fsp3) is 0.526. The van der Waals surface area contributed by atoms with Gasteiger partial charge in [-0.3, -0.25) is 19.7 Å². The van der Waals surface area contributed by atoms with Crippen molar-refractivity contribution in [2.45, 2.75) is 51.5 Å². The second-order valence-electron chi connectivity index (χ2n) is 6.54. The number of hydrogen-bond donors (Lipinski definition) is 1. The number of nitrogens with one attached hydrogen (secondary N) is 1. The zero-order valence-corrected chi connectivity index (χ0v) is 15.3. The number of anilines is 1. The first kappa shape index (κ1) is 19.0. The molecule has 0 radical (unpaired) electrons. The molecule has 1 unspecified atom stereocenters. The van der Waals surface area contributed by atoms with Gasteiger partial charge < -0.3 is 9.64 Å². The molecule has 136 valence electrons. The van der Waals surface area contributed by atoms with Crippen molar-refractivity contribution in [2.75, 3.05) is 19.1 Å². The fourth-order valence-corrected chi connectivity index (χ4v) is 3.28. The summed E-state index contributed by atoms with van der Waals surface area (Å²) in [7, 11) is 3.42. The third-order valence-electron chi connectivity index (χ3n) is 4.85. The van der Waals surface area contributed by atoms with E-state index in [1.165, 1.54) is 6.92 Å². The van der Waals surface area contributed by atoms with Crippen LogP contribution in [0.15, 0.2) is 18.2 Å². The number of likely N-dealkylation sites (N-methyl/N-ethyl adjacent to an activating group) is 1. The molecule has 0 aliphatic heterocycles. The number of benzene rings is 1. The molecular weight excluding hydrogens is 320 g/mol. The zero-order valence-electron chi connectivity index (χ0n) is 15.3. The van der Waals surface area contributed by atoms with Gasteiger partial charge in [0.1, 0.15) is 17.6 Å². The molecule has 1 saturated carbocycles. The number of rotatable bonds is 5.